The van der Waals surface area contributed by atoms with Crippen molar-refractivity contribution in [1.29, 1.82) is 0 Å². The molecule has 0 aliphatic carbocycles. The summed E-state index contributed by atoms with van der Waals surface area (Å²) in [6.07, 6.45) is 2.19. The molecule has 9 heteroatoms. The summed E-state index contributed by atoms with van der Waals surface area (Å²) in [6, 6.07) is 15.1. The molecule has 7 nitrogen and oxygen atoms in total. The van der Waals surface area contributed by atoms with E-state index < -0.39 is 5.91 Å². The first-order valence-electron chi connectivity index (χ1n) is 9.95. The molecule has 0 fully saturated rings. The van der Waals surface area contributed by atoms with E-state index in [-0.39, 0.29) is 17.4 Å². The molecule has 0 atom stereocenters. The van der Waals surface area contributed by atoms with E-state index in [1.54, 1.807) is 24.3 Å². The number of rotatable bonds is 6. The van der Waals surface area contributed by atoms with Crippen LogP contribution in [0.15, 0.2) is 53.0 Å². The molecule has 2 heterocycles. The summed E-state index contributed by atoms with van der Waals surface area (Å²) in [5, 5.41) is 12.6. The average Bonchev–Trinajstić information content (AvgIpc) is 3.14. The number of nitrogens with zero attached hydrogens (tertiary/aromatic N) is 2. The Bertz CT molecular complexity index is 1120. The number of aromatic amines is 1. The largest absolute Gasteiger partial charge is 0.370 e. The van der Waals surface area contributed by atoms with Gasteiger partial charge in [0.1, 0.15) is 5.69 Å². The first-order chi connectivity index (χ1) is 15.0. The minimum atomic E-state index is -0.409. The highest BCUT2D eigenvalue weighted by Gasteiger charge is 2.21. The van der Waals surface area contributed by atoms with Gasteiger partial charge in [0.05, 0.1) is 15.1 Å². The molecule has 160 valence electrons. The van der Waals surface area contributed by atoms with Crippen LogP contribution >= 0.6 is 27.5 Å². The fourth-order valence-corrected chi connectivity index (χ4v) is 4.30. The summed E-state index contributed by atoms with van der Waals surface area (Å²) < 4.78 is 0.383. The number of aromatic nitrogens is 2. The van der Waals surface area contributed by atoms with Crippen LogP contribution in [0.2, 0.25) is 5.02 Å². The molecule has 3 aromatic rings. The third kappa shape index (κ3) is 4.75. The first kappa shape index (κ1) is 21.4. The van der Waals surface area contributed by atoms with Gasteiger partial charge in [0.15, 0.2) is 5.82 Å². The summed E-state index contributed by atoms with van der Waals surface area (Å²) in [5.74, 6) is -0.489. The first-order valence-corrected chi connectivity index (χ1v) is 11.1. The van der Waals surface area contributed by atoms with Crippen molar-refractivity contribution in [2.24, 2.45) is 0 Å². The van der Waals surface area contributed by atoms with Crippen LogP contribution in [0, 0.1) is 0 Å². The van der Waals surface area contributed by atoms with Crippen molar-refractivity contribution < 1.29 is 9.59 Å². The quantitative estimate of drug-likeness (QED) is 0.470. The number of benzene rings is 2. The number of hydrogen-bond donors (Lipinski definition) is 3. The standard InChI is InChI=1S/C22H21BrClN5O2/c23-18-19(27-28-20(18)26-21(30)15-8-2-3-9-16(15)24)22(31)25-11-13-29-12-5-7-14-6-1-4-10-17(14)29/h1-4,6,8-10H,5,7,11-13H2,(H,25,31)(H2,26,27,28,30). The maximum atomic E-state index is 12.6. The predicted octanol–water partition coefficient (Wildman–Crippen LogP) is 4.26. The monoisotopic (exact) mass is 501 g/mol. The Hall–Kier alpha value is -2.84. The SMILES string of the molecule is O=C(Nc1n[nH]c(C(=O)NCCN2CCCc3ccccc32)c1Br)c1ccccc1Cl. The highest BCUT2D eigenvalue weighted by atomic mass is 79.9. The van der Waals surface area contributed by atoms with Crippen LogP contribution in [0.25, 0.3) is 0 Å². The maximum absolute atomic E-state index is 12.6. The maximum Gasteiger partial charge on any atom is 0.270 e. The molecule has 0 spiro atoms. The number of H-pyrrole nitrogens is 1. The van der Waals surface area contributed by atoms with E-state index in [1.807, 2.05) is 6.07 Å². The lowest BCUT2D eigenvalue weighted by Gasteiger charge is -2.31. The summed E-state index contributed by atoms with van der Waals surface area (Å²) in [6.45, 7) is 2.17. The van der Waals surface area contributed by atoms with Crippen LogP contribution in [0.5, 0.6) is 0 Å². The lowest BCUT2D eigenvalue weighted by atomic mass is 10.0. The van der Waals surface area contributed by atoms with Crippen molar-refractivity contribution in [1.82, 2.24) is 15.5 Å². The Balaban J connectivity index is 1.35. The van der Waals surface area contributed by atoms with E-state index in [9.17, 15) is 9.59 Å². The minimum absolute atomic E-state index is 0.222. The molecule has 0 saturated heterocycles. The van der Waals surface area contributed by atoms with Crippen molar-refractivity contribution in [2.45, 2.75) is 12.8 Å². The number of anilines is 2. The second kappa shape index (κ2) is 9.53. The zero-order chi connectivity index (χ0) is 21.8. The molecule has 0 radical (unpaired) electrons. The average molecular weight is 503 g/mol. The molecule has 0 saturated carbocycles. The van der Waals surface area contributed by atoms with Crippen LogP contribution in [0.1, 0.15) is 32.8 Å². The fraction of sp³-hybridized carbons (Fsp3) is 0.227. The molecule has 1 aliphatic heterocycles. The van der Waals surface area contributed by atoms with Crippen LogP contribution in [-0.2, 0) is 6.42 Å². The molecule has 0 bridgehead atoms. The van der Waals surface area contributed by atoms with E-state index in [0.717, 1.165) is 19.4 Å². The zero-order valence-electron chi connectivity index (χ0n) is 16.6. The second-order valence-electron chi connectivity index (χ2n) is 7.17. The van der Waals surface area contributed by atoms with Crippen molar-refractivity contribution in [2.75, 3.05) is 29.9 Å². The van der Waals surface area contributed by atoms with E-state index in [1.165, 1.54) is 11.3 Å². The number of fused-ring (bicyclic) bond motifs is 1. The van der Waals surface area contributed by atoms with E-state index >= 15 is 0 Å². The van der Waals surface area contributed by atoms with Gasteiger partial charge in [0.25, 0.3) is 11.8 Å². The summed E-state index contributed by atoms with van der Waals surface area (Å²) >= 11 is 9.41. The normalized spacial score (nSPS) is 12.9. The molecule has 4 rings (SSSR count). The predicted molar refractivity (Wildman–Crippen MR) is 125 cm³/mol. The number of aryl methyl sites for hydroxylation is 1. The number of halogens is 2. The summed E-state index contributed by atoms with van der Waals surface area (Å²) in [5.41, 5.74) is 3.14. The van der Waals surface area contributed by atoms with Gasteiger partial charge in [-0.25, -0.2) is 0 Å². The lowest BCUT2D eigenvalue weighted by molar-refractivity contribution is 0.0947. The van der Waals surface area contributed by atoms with Gasteiger partial charge in [0, 0.05) is 25.3 Å². The van der Waals surface area contributed by atoms with Gasteiger partial charge in [-0.05, 0) is 52.5 Å². The molecule has 2 amide bonds. The second-order valence-corrected chi connectivity index (χ2v) is 8.37. The third-order valence-electron chi connectivity index (χ3n) is 5.16. The van der Waals surface area contributed by atoms with Crippen LogP contribution in [0.4, 0.5) is 11.5 Å². The topological polar surface area (TPSA) is 90.1 Å². The Morgan fingerprint density at radius 3 is 2.74 bits per heavy atom. The van der Waals surface area contributed by atoms with Crippen LogP contribution in [-0.4, -0.2) is 41.6 Å². The Labute approximate surface area is 193 Å². The molecule has 1 aliphatic rings. The van der Waals surface area contributed by atoms with Crippen LogP contribution in [0.3, 0.4) is 0 Å². The van der Waals surface area contributed by atoms with Crippen molar-refractivity contribution in [3.63, 3.8) is 0 Å². The highest BCUT2D eigenvalue weighted by molar-refractivity contribution is 9.10. The molecular formula is C22H21BrClN5O2. The van der Waals surface area contributed by atoms with Gasteiger partial charge in [-0.1, -0.05) is 41.9 Å². The summed E-state index contributed by atoms with van der Waals surface area (Å²) in [4.78, 5) is 27.3. The smallest absolute Gasteiger partial charge is 0.270 e. The van der Waals surface area contributed by atoms with E-state index in [4.69, 9.17) is 11.6 Å². The molecular weight excluding hydrogens is 482 g/mol. The van der Waals surface area contributed by atoms with Gasteiger partial charge in [-0.2, -0.15) is 5.10 Å². The molecule has 31 heavy (non-hydrogen) atoms. The third-order valence-corrected chi connectivity index (χ3v) is 6.26. The Kier molecular flexibility index (Phi) is 6.58. The number of amides is 2. The van der Waals surface area contributed by atoms with Gasteiger partial charge in [0.2, 0.25) is 0 Å². The number of hydrogen-bond acceptors (Lipinski definition) is 4. The van der Waals surface area contributed by atoms with Gasteiger partial charge in [-0.15, -0.1) is 0 Å². The number of nitrogens with one attached hydrogen (secondary N) is 3. The van der Waals surface area contributed by atoms with Crippen LogP contribution < -0.4 is 15.5 Å². The minimum Gasteiger partial charge on any atom is -0.370 e. The Morgan fingerprint density at radius 1 is 1.13 bits per heavy atom. The van der Waals surface area contributed by atoms with Crippen molar-refractivity contribution in [3.8, 4) is 0 Å². The molecule has 1 aromatic heterocycles. The van der Waals surface area contributed by atoms with Crippen molar-refractivity contribution >= 4 is 50.9 Å². The van der Waals surface area contributed by atoms with Gasteiger partial charge < -0.3 is 15.5 Å². The molecule has 3 N–H and O–H groups in total. The fourth-order valence-electron chi connectivity index (χ4n) is 3.62. The Morgan fingerprint density at radius 2 is 1.90 bits per heavy atom. The number of para-hydroxylation sites is 1. The number of carbonyl (C=O) groups excluding carboxylic acids is 2. The number of carbonyl (C=O) groups is 2. The van der Waals surface area contributed by atoms with E-state index in [0.29, 0.717) is 28.1 Å². The molecule has 0 unspecified atom stereocenters. The zero-order valence-corrected chi connectivity index (χ0v) is 19.0. The van der Waals surface area contributed by atoms with Gasteiger partial charge >= 0.3 is 0 Å². The summed E-state index contributed by atoms with van der Waals surface area (Å²) in [7, 11) is 0. The van der Waals surface area contributed by atoms with Crippen molar-refractivity contribution in [3.05, 3.63) is 74.8 Å². The van der Waals surface area contributed by atoms with Gasteiger partial charge in [-0.3, -0.25) is 14.7 Å². The lowest BCUT2D eigenvalue weighted by Crippen LogP contribution is -2.37. The van der Waals surface area contributed by atoms with E-state index in [2.05, 4.69) is 59.9 Å². The molecule has 2 aromatic carbocycles. The highest BCUT2D eigenvalue weighted by Crippen LogP contribution is 2.27.